The summed E-state index contributed by atoms with van der Waals surface area (Å²) in [7, 11) is 0. The molecule has 1 aromatic carbocycles. The van der Waals surface area contributed by atoms with E-state index in [1.807, 2.05) is 0 Å². The number of hydrogen-bond acceptors (Lipinski definition) is 4. The maximum absolute atomic E-state index is 9.42. The first kappa shape index (κ1) is 14.3. The van der Waals surface area contributed by atoms with Crippen molar-refractivity contribution in [3.63, 3.8) is 0 Å². The molecule has 4 nitrogen and oxygen atoms in total. The largest absolute Gasteiger partial charge is 0.506 e. The van der Waals surface area contributed by atoms with Gasteiger partial charge in [0, 0.05) is 18.3 Å². The number of nitrogens with one attached hydrogen (secondary N) is 1. The smallest absolute Gasteiger partial charge is 0.161 e. The van der Waals surface area contributed by atoms with E-state index >= 15 is 0 Å². The highest BCUT2D eigenvalue weighted by Gasteiger charge is 2.08. The van der Waals surface area contributed by atoms with Crippen molar-refractivity contribution in [1.29, 1.82) is 0 Å². The first-order chi connectivity index (χ1) is 9.11. The highest BCUT2D eigenvalue weighted by atomic mass is 127. The van der Waals surface area contributed by atoms with E-state index in [2.05, 4.69) is 44.8 Å². The topological polar surface area (TPSA) is 58.0 Å². The summed E-state index contributed by atoms with van der Waals surface area (Å²) in [5.74, 6) is 1.46. The van der Waals surface area contributed by atoms with Crippen LogP contribution in [0.2, 0.25) is 5.02 Å². The van der Waals surface area contributed by atoms with Gasteiger partial charge in [0.15, 0.2) is 5.82 Å². The second-order valence-electron chi connectivity index (χ2n) is 3.98. The molecule has 0 aliphatic carbocycles. The van der Waals surface area contributed by atoms with Crippen molar-refractivity contribution in [3.05, 3.63) is 33.0 Å². The minimum Gasteiger partial charge on any atom is -0.506 e. The van der Waals surface area contributed by atoms with Gasteiger partial charge in [-0.3, -0.25) is 0 Å². The van der Waals surface area contributed by atoms with E-state index in [9.17, 15) is 5.11 Å². The number of benzene rings is 1. The van der Waals surface area contributed by atoms with Crippen LogP contribution in [0.3, 0.4) is 0 Å². The first-order valence-corrected chi connectivity index (χ1v) is 7.32. The van der Waals surface area contributed by atoms with Gasteiger partial charge in [0.25, 0.3) is 0 Å². The Labute approximate surface area is 130 Å². The van der Waals surface area contributed by atoms with E-state index < -0.39 is 0 Å². The normalized spacial score (nSPS) is 10.5. The highest BCUT2D eigenvalue weighted by molar-refractivity contribution is 14.1. The zero-order valence-electron chi connectivity index (χ0n) is 10.3. The SMILES string of the molecule is CCCNc1nc(-c2ccc(O)c(Cl)c2)ncc1I. The van der Waals surface area contributed by atoms with Crippen LogP contribution in [-0.2, 0) is 0 Å². The number of halogens is 2. The predicted molar refractivity (Wildman–Crippen MR) is 85.6 cm³/mol. The summed E-state index contributed by atoms with van der Waals surface area (Å²) in [6, 6.07) is 4.94. The van der Waals surface area contributed by atoms with Crippen LogP contribution in [0.15, 0.2) is 24.4 Å². The van der Waals surface area contributed by atoms with Gasteiger partial charge in [-0.25, -0.2) is 9.97 Å². The third kappa shape index (κ3) is 3.48. The number of phenolic OH excluding ortho intramolecular Hbond substituents is 1. The monoisotopic (exact) mass is 389 g/mol. The summed E-state index contributed by atoms with van der Waals surface area (Å²) in [6.07, 6.45) is 2.79. The Kier molecular flexibility index (Phi) is 4.81. The Morgan fingerprint density at radius 3 is 2.89 bits per heavy atom. The second-order valence-corrected chi connectivity index (χ2v) is 5.55. The van der Waals surface area contributed by atoms with Gasteiger partial charge in [-0.15, -0.1) is 0 Å². The Morgan fingerprint density at radius 2 is 2.21 bits per heavy atom. The average molecular weight is 390 g/mol. The van der Waals surface area contributed by atoms with Crippen molar-refractivity contribution >= 4 is 40.0 Å². The van der Waals surface area contributed by atoms with E-state index in [1.165, 1.54) is 6.07 Å². The van der Waals surface area contributed by atoms with Crippen LogP contribution in [0.4, 0.5) is 5.82 Å². The van der Waals surface area contributed by atoms with E-state index in [4.69, 9.17) is 11.6 Å². The first-order valence-electron chi connectivity index (χ1n) is 5.87. The lowest BCUT2D eigenvalue weighted by Gasteiger charge is -2.08. The van der Waals surface area contributed by atoms with Crippen LogP contribution < -0.4 is 5.32 Å². The average Bonchev–Trinajstić information content (AvgIpc) is 2.41. The zero-order chi connectivity index (χ0) is 13.8. The van der Waals surface area contributed by atoms with Crippen molar-refractivity contribution < 1.29 is 5.11 Å². The zero-order valence-corrected chi connectivity index (χ0v) is 13.2. The van der Waals surface area contributed by atoms with Gasteiger partial charge in [0.1, 0.15) is 11.6 Å². The van der Waals surface area contributed by atoms with Crippen molar-refractivity contribution in [3.8, 4) is 17.1 Å². The second kappa shape index (κ2) is 6.38. The molecule has 0 spiro atoms. The molecule has 2 aromatic rings. The van der Waals surface area contributed by atoms with Crippen LogP contribution >= 0.6 is 34.2 Å². The fourth-order valence-corrected chi connectivity index (χ4v) is 2.15. The molecule has 19 heavy (non-hydrogen) atoms. The van der Waals surface area contributed by atoms with Crippen LogP contribution in [0.1, 0.15) is 13.3 Å². The molecular formula is C13H13ClIN3O. The minimum atomic E-state index is 0.0558. The molecule has 0 aliphatic heterocycles. The number of anilines is 1. The molecule has 2 N–H and O–H groups in total. The Balaban J connectivity index is 2.36. The molecule has 0 amide bonds. The lowest BCUT2D eigenvalue weighted by molar-refractivity contribution is 0.475. The standard InChI is InChI=1S/C13H13ClIN3O/c1-2-5-16-13-10(15)7-17-12(18-13)8-3-4-11(19)9(14)6-8/h3-4,6-7,19H,2,5H2,1H3,(H,16,17,18). The van der Waals surface area contributed by atoms with Crippen molar-refractivity contribution in [1.82, 2.24) is 9.97 Å². The Morgan fingerprint density at radius 1 is 1.42 bits per heavy atom. The molecule has 0 atom stereocenters. The maximum atomic E-state index is 9.42. The highest BCUT2D eigenvalue weighted by Crippen LogP contribution is 2.28. The van der Waals surface area contributed by atoms with Gasteiger partial charge in [0.2, 0.25) is 0 Å². The molecule has 0 bridgehead atoms. The summed E-state index contributed by atoms with van der Waals surface area (Å²) >= 11 is 8.09. The van der Waals surface area contributed by atoms with Crippen LogP contribution in [0.5, 0.6) is 5.75 Å². The number of aromatic hydroxyl groups is 1. The van der Waals surface area contributed by atoms with Gasteiger partial charge in [0.05, 0.1) is 8.59 Å². The van der Waals surface area contributed by atoms with E-state index in [1.54, 1.807) is 18.3 Å². The quantitative estimate of drug-likeness (QED) is 0.778. The molecule has 0 saturated heterocycles. The summed E-state index contributed by atoms with van der Waals surface area (Å²) in [6.45, 7) is 2.96. The van der Waals surface area contributed by atoms with E-state index in [0.29, 0.717) is 10.8 Å². The van der Waals surface area contributed by atoms with Gasteiger partial charge in [-0.1, -0.05) is 18.5 Å². The third-order valence-electron chi connectivity index (χ3n) is 2.49. The number of aromatic nitrogens is 2. The van der Waals surface area contributed by atoms with Crippen molar-refractivity contribution in [2.75, 3.05) is 11.9 Å². The maximum Gasteiger partial charge on any atom is 0.161 e. The summed E-state index contributed by atoms with van der Waals surface area (Å²) < 4.78 is 0.972. The molecule has 1 aromatic heterocycles. The molecule has 0 fully saturated rings. The minimum absolute atomic E-state index is 0.0558. The van der Waals surface area contributed by atoms with Gasteiger partial charge >= 0.3 is 0 Å². The van der Waals surface area contributed by atoms with E-state index in [0.717, 1.165) is 27.9 Å². The molecule has 100 valence electrons. The predicted octanol–water partition coefficient (Wildman–Crippen LogP) is 3.93. The molecule has 0 aliphatic rings. The van der Waals surface area contributed by atoms with Gasteiger partial charge < -0.3 is 10.4 Å². The van der Waals surface area contributed by atoms with Gasteiger partial charge in [-0.05, 0) is 47.2 Å². The summed E-state index contributed by atoms with van der Waals surface area (Å²) in [5, 5.41) is 13.0. The molecule has 6 heteroatoms. The molecular weight excluding hydrogens is 377 g/mol. The Bertz CT molecular complexity index is 592. The number of hydrogen-bond donors (Lipinski definition) is 2. The van der Waals surface area contributed by atoms with Crippen LogP contribution in [0, 0.1) is 3.57 Å². The third-order valence-corrected chi connectivity index (χ3v) is 3.58. The molecule has 0 radical (unpaired) electrons. The molecule has 2 rings (SSSR count). The lowest BCUT2D eigenvalue weighted by Crippen LogP contribution is -2.05. The lowest BCUT2D eigenvalue weighted by atomic mass is 10.2. The number of rotatable bonds is 4. The van der Waals surface area contributed by atoms with Crippen molar-refractivity contribution in [2.24, 2.45) is 0 Å². The fourth-order valence-electron chi connectivity index (χ4n) is 1.52. The fraction of sp³-hybridized carbons (Fsp3) is 0.231. The van der Waals surface area contributed by atoms with Crippen molar-refractivity contribution in [2.45, 2.75) is 13.3 Å². The number of phenols is 1. The molecule has 1 heterocycles. The van der Waals surface area contributed by atoms with Crippen LogP contribution in [-0.4, -0.2) is 21.6 Å². The number of nitrogens with zero attached hydrogens (tertiary/aromatic N) is 2. The summed E-state index contributed by atoms with van der Waals surface area (Å²) in [5.41, 5.74) is 0.777. The van der Waals surface area contributed by atoms with Crippen LogP contribution in [0.25, 0.3) is 11.4 Å². The molecule has 0 saturated carbocycles. The molecule has 0 unspecified atom stereocenters. The Hall–Kier alpha value is -1.08. The van der Waals surface area contributed by atoms with E-state index in [-0.39, 0.29) is 5.75 Å². The van der Waals surface area contributed by atoms with Gasteiger partial charge in [-0.2, -0.15) is 0 Å². The summed E-state index contributed by atoms with van der Waals surface area (Å²) in [4.78, 5) is 8.77.